The highest BCUT2D eigenvalue weighted by atomic mass is 16.5. The van der Waals surface area contributed by atoms with E-state index in [4.69, 9.17) is 15.3 Å². The molecule has 0 aliphatic rings. The Bertz CT molecular complexity index is 543. The zero-order valence-corrected chi connectivity index (χ0v) is 10.9. The summed E-state index contributed by atoms with van der Waals surface area (Å²) in [5.41, 5.74) is 4.17. The second kappa shape index (κ2) is 6.12. The summed E-state index contributed by atoms with van der Waals surface area (Å²) in [6, 6.07) is 9.25. The minimum atomic E-state index is 0.403. The molecule has 0 atom stereocenters. The van der Waals surface area contributed by atoms with Gasteiger partial charge in [0.25, 0.3) is 0 Å². The summed E-state index contributed by atoms with van der Waals surface area (Å²) in [6.07, 6.45) is 0. The molecule has 3 N–H and O–H groups in total. The van der Waals surface area contributed by atoms with E-state index in [0.29, 0.717) is 18.2 Å². The van der Waals surface area contributed by atoms with Crippen LogP contribution in [0.25, 0.3) is 11.4 Å². The van der Waals surface area contributed by atoms with Gasteiger partial charge in [-0.05, 0) is 24.3 Å². The van der Waals surface area contributed by atoms with Gasteiger partial charge >= 0.3 is 0 Å². The van der Waals surface area contributed by atoms with E-state index in [1.165, 1.54) is 0 Å². The number of nitrogen functional groups attached to an aromatic ring is 1. The first kappa shape index (κ1) is 13.3. The summed E-state index contributed by atoms with van der Waals surface area (Å²) < 4.78 is 10.2. The molecule has 1 heterocycles. The Morgan fingerprint density at radius 2 is 1.89 bits per heavy atom. The van der Waals surface area contributed by atoms with Crippen LogP contribution < -0.4 is 16.0 Å². The van der Waals surface area contributed by atoms with Crippen LogP contribution in [0.3, 0.4) is 0 Å². The quantitative estimate of drug-likeness (QED) is 0.627. The van der Waals surface area contributed by atoms with Gasteiger partial charge in [-0.25, -0.2) is 15.8 Å². The molecule has 19 heavy (non-hydrogen) atoms. The molecule has 0 aliphatic carbocycles. The van der Waals surface area contributed by atoms with Gasteiger partial charge in [-0.2, -0.15) is 0 Å². The third-order valence-electron chi connectivity index (χ3n) is 2.57. The minimum absolute atomic E-state index is 0.403. The molecule has 1 aromatic heterocycles. The normalized spacial score (nSPS) is 10.3. The van der Waals surface area contributed by atoms with Crippen molar-refractivity contribution in [2.24, 2.45) is 5.84 Å². The lowest BCUT2D eigenvalue weighted by atomic mass is 10.2. The molecule has 6 nitrogen and oxygen atoms in total. The van der Waals surface area contributed by atoms with Crippen molar-refractivity contribution in [3.8, 4) is 17.1 Å². The van der Waals surface area contributed by atoms with E-state index >= 15 is 0 Å². The lowest BCUT2D eigenvalue weighted by molar-refractivity contribution is 0.181. The fourth-order valence-corrected chi connectivity index (χ4v) is 1.66. The molecule has 1 aromatic carbocycles. The molecule has 0 amide bonds. The lowest BCUT2D eigenvalue weighted by Gasteiger charge is -2.08. The Morgan fingerprint density at radius 1 is 1.16 bits per heavy atom. The van der Waals surface area contributed by atoms with E-state index in [0.717, 1.165) is 17.0 Å². The number of hydrogen-bond donors (Lipinski definition) is 2. The molecule has 0 fully saturated rings. The van der Waals surface area contributed by atoms with Crippen molar-refractivity contribution in [1.82, 2.24) is 9.97 Å². The number of methoxy groups -OCH3 is 2. The number of nitrogens with zero attached hydrogens (tertiary/aromatic N) is 2. The summed E-state index contributed by atoms with van der Waals surface area (Å²) in [5, 5.41) is 0. The van der Waals surface area contributed by atoms with Crippen LogP contribution >= 0.6 is 0 Å². The van der Waals surface area contributed by atoms with Crippen molar-refractivity contribution < 1.29 is 9.47 Å². The van der Waals surface area contributed by atoms with Crippen LogP contribution in [-0.2, 0) is 11.3 Å². The van der Waals surface area contributed by atoms with Gasteiger partial charge < -0.3 is 14.9 Å². The molecule has 6 heteroatoms. The molecule has 2 rings (SSSR count). The van der Waals surface area contributed by atoms with Gasteiger partial charge in [0, 0.05) is 18.7 Å². The summed E-state index contributed by atoms with van der Waals surface area (Å²) in [7, 11) is 3.24. The molecule has 0 unspecified atom stereocenters. The van der Waals surface area contributed by atoms with Crippen LogP contribution in [0.15, 0.2) is 30.3 Å². The van der Waals surface area contributed by atoms with Crippen LogP contribution in [0.5, 0.6) is 5.75 Å². The van der Waals surface area contributed by atoms with E-state index in [1.54, 1.807) is 20.3 Å². The van der Waals surface area contributed by atoms with E-state index in [9.17, 15) is 0 Å². The molecule has 0 aliphatic heterocycles. The highest BCUT2D eigenvalue weighted by Gasteiger charge is 2.06. The van der Waals surface area contributed by atoms with Gasteiger partial charge in [-0.3, -0.25) is 0 Å². The van der Waals surface area contributed by atoms with Crippen LogP contribution in [0.4, 0.5) is 5.82 Å². The second-order valence-corrected chi connectivity index (χ2v) is 3.87. The van der Waals surface area contributed by atoms with Crippen molar-refractivity contribution in [3.63, 3.8) is 0 Å². The maximum Gasteiger partial charge on any atom is 0.161 e. The number of benzene rings is 1. The van der Waals surface area contributed by atoms with Crippen LogP contribution in [-0.4, -0.2) is 24.2 Å². The largest absolute Gasteiger partial charge is 0.497 e. The molecule has 0 spiro atoms. The van der Waals surface area contributed by atoms with Crippen molar-refractivity contribution in [1.29, 1.82) is 0 Å². The van der Waals surface area contributed by atoms with Gasteiger partial charge in [0.15, 0.2) is 5.82 Å². The van der Waals surface area contributed by atoms with Gasteiger partial charge in [0.1, 0.15) is 11.6 Å². The van der Waals surface area contributed by atoms with Crippen LogP contribution in [0.1, 0.15) is 5.69 Å². The first-order valence-electron chi connectivity index (χ1n) is 5.74. The first-order chi connectivity index (χ1) is 9.26. The van der Waals surface area contributed by atoms with Gasteiger partial charge in [-0.15, -0.1) is 0 Å². The van der Waals surface area contributed by atoms with Crippen LogP contribution in [0, 0.1) is 0 Å². The SMILES string of the molecule is COCc1cc(NN)nc(-c2ccc(OC)cc2)n1. The second-order valence-electron chi connectivity index (χ2n) is 3.87. The summed E-state index contributed by atoms with van der Waals surface area (Å²) in [6.45, 7) is 0.403. The molecule has 0 saturated carbocycles. The Morgan fingerprint density at radius 3 is 2.47 bits per heavy atom. The van der Waals surface area contributed by atoms with Gasteiger partial charge in [0.05, 0.1) is 19.4 Å². The van der Waals surface area contributed by atoms with E-state index < -0.39 is 0 Å². The highest BCUT2D eigenvalue weighted by molar-refractivity contribution is 5.58. The Labute approximate surface area is 111 Å². The zero-order chi connectivity index (χ0) is 13.7. The van der Waals surface area contributed by atoms with Crippen LogP contribution in [0.2, 0.25) is 0 Å². The monoisotopic (exact) mass is 260 g/mol. The highest BCUT2D eigenvalue weighted by Crippen LogP contribution is 2.21. The lowest BCUT2D eigenvalue weighted by Crippen LogP contribution is -2.10. The number of nitrogens with two attached hydrogens (primary N) is 1. The fraction of sp³-hybridized carbons (Fsp3) is 0.231. The summed E-state index contributed by atoms with van der Waals surface area (Å²) in [4.78, 5) is 8.74. The number of rotatable bonds is 5. The topological polar surface area (TPSA) is 82.3 Å². The maximum atomic E-state index is 5.41. The predicted molar refractivity (Wildman–Crippen MR) is 72.5 cm³/mol. The third-order valence-corrected chi connectivity index (χ3v) is 2.57. The van der Waals surface area contributed by atoms with E-state index in [1.807, 2.05) is 24.3 Å². The van der Waals surface area contributed by atoms with Crippen molar-refractivity contribution in [2.45, 2.75) is 6.61 Å². The van der Waals surface area contributed by atoms with Crippen molar-refractivity contribution >= 4 is 5.82 Å². The minimum Gasteiger partial charge on any atom is -0.497 e. The van der Waals surface area contributed by atoms with Crippen molar-refractivity contribution in [2.75, 3.05) is 19.6 Å². The molecule has 0 saturated heterocycles. The van der Waals surface area contributed by atoms with Crippen molar-refractivity contribution in [3.05, 3.63) is 36.0 Å². The summed E-state index contributed by atoms with van der Waals surface area (Å²) >= 11 is 0. The Hall–Kier alpha value is -2.18. The Balaban J connectivity index is 2.38. The molecule has 100 valence electrons. The number of anilines is 1. The molecule has 0 radical (unpaired) electrons. The predicted octanol–water partition coefficient (Wildman–Crippen LogP) is 1.58. The summed E-state index contributed by atoms with van der Waals surface area (Å²) in [5.74, 6) is 7.33. The maximum absolute atomic E-state index is 5.41. The molecular formula is C13H16N4O2. The molecule has 0 bridgehead atoms. The molecule has 2 aromatic rings. The number of ether oxygens (including phenoxy) is 2. The van der Waals surface area contributed by atoms with Gasteiger partial charge in [0.2, 0.25) is 0 Å². The zero-order valence-electron chi connectivity index (χ0n) is 10.9. The standard InChI is InChI=1S/C13H16N4O2/c1-18-8-10-7-12(17-14)16-13(15-10)9-3-5-11(19-2)6-4-9/h3-7H,8,14H2,1-2H3,(H,15,16,17). The number of nitrogens with one attached hydrogen (secondary N) is 1. The number of aromatic nitrogens is 2. The number of hydrogen-bond acceptors (Lipinski definition) is 6. The number of hydrazine groups is 1. The van der Waals surface area contributed by atoms with E-state index in [2.05, 4.69) is 15.4 Å². The average molecular weight is 260 g/mol. The molecular weight excluding hydrogens is 244 g/mol. The van der Waals surface area contributed by atoms with E-state index in [-0.39, 0.29) is 0 Å². The average Bonchev–Trinajstić information content (AvgIpc) is 2.47. The fourth-order valence-electron chi connectivity index (χ4n) is 1.66. The first-order valence-corrected chi connectivity index (χ1v) is 5.74. The third kappa shape index (κ3) is 3.18. The van der Waals surface area contributed by atoms with Gasteiger partial charge in [-0.1, -0.05) is 0 Å². The Kier molecular flexibility index (Phi) is 4.27. The smallest absolute Gasteiger partial charge is 0.161 e.